The molecule has 0 amide bonds. The van der Waals surface area contributed by atoms with Crippen LogP contribution >= 0.6 is 11.3 Å². The molecule has 0 spiro atoms. The van der Waals surface area contributed by atoms with Crippen molar-refractivity contribution in [3.63, 3.8) is 0 Å². The van der Waals surface area contributed by atoms with Crippen LogP contribution in [0.25, 0.3) is 86.3 Å². The number of hydrogen-bond acceptors (Lipinski definition) is 3. The first kappa shape index (κ1) is 36.0. The Kier molecular flexibility index (Phi) is 8.82. The molecule has 1 fully saturated rings. The minimum absolute atomic E-state index is 0.568. The van der Waals surface area contributed by atoms with Crippen molar-refractivity contribution in [1.82, 2.24) is 0 Å². The van der Waals surface area contributed by atoms with Crippen molar-refractivity contribution in [2.75, 3.05) is 4.90 Å². The van der Waals surface area contributed by atoms with E-state index in [9.17, 15) is 0 Å². The summed E-state index contributed by atoms with van der Waals surface area (Å²) in [6.07, 6.45) is 6.44. The zero-order valence-corrected chi connectivity index (χ0v) is 34.7. The van der Waals surface area contributed by atoms with E-state index in [0.717, 1.165) is 50.1 Å². The molecule has 3 heteroatoms. The van der Waals surface area contributed by atoms with Crippen molar-refractivity contribution in [2.24, 2.45) is 0 Å². The molecule has 0 atom stereocenters. The van der Waals surface area contributed by atoms with E-state index in [1.54, 1.807) is 0 Å². The molecule has 2 aromatic heterocycles. The monoisotopic (exact) mass is 801 g/mol. The van der Waals surface area contributed by atoms with Crippen LogP contribution in [0.1, 0.15) is 43.6 Å². The maximum atomic E-state index is 6.33. The SMILES string of the molecule is c1ccc(N(c2ccccc2-c2cccc3cccc(C4CCCCC4)c23)c2ccccc2-c2cccc3sc4ccccc4c23)c(-c2ccc3oc4ccccc4c3c2)c1. The fourth-order valence-electron chi connectivity index (χ4n) is 10.3. The molecule has 0 saturated heterocycles. The van der Waals surface area contributed by atoms with E-state index in [0.29, 0.717) is 5.92 Å². The lowest BCUT2D eigenvalue weighted by molar-refractivity contribution is 0.445. The zero-order valence-electron chi connectivity index (χ0n) is 33.9. The first-order chi connectivity index (χ1) is 30.3. The molecule has 9 aromatic carbocycles. The number of furan rings is 1. The van der Waals surface area contributed by atoms with E-state index >= 15 is 0 Å². The van der Waals surface area contributed by atoms with Gasteiger partial charge in [0.25, 0.3) is 0 Å². The average molecular weight is 802 g/mol. The lowest BCUT2D eigenvalue weighted by Gasteiger charge is -2.32. The van der Waals surface area contributed by atoms with Gasteiger partial charge in [0.05, 0.1) is 17.1 Å². The quantitative estimate of drug-likeness (QED) is 0.160. The second-order valence-corrected chi connectivity index (χ2v) is 17.6. The zero-order chi connectivity index (χ0) is 40.3. The lowest BCUT2D eigenvalue weighted by atomic mass is 9.80. The normalized spacial score (nSPS) is 13.5. The minimum atomic E-state index is 0.568. The van der Waals surface area contributed by atoms with Gasteiger partial charge in [0.2, 0.25) is 0 Å². The summed E-state index contributed by atoms with van der Waals surface area (Å²) < 4.78 is 8.93. The molecule has 0 unspecified atom stereocenters. The van der Waals surface area contributed by atoms with Crippen LogP contribution < -0.4 is 4.90 Å². The summed E-state index contributed by atoms with van der Waals surface area (Å²) in [5, 5.41) is 7.55. The van der Waals surface area contributed by atoms with Gasteiger partial charge in [-0.25, -0.2) is 0 Å². The van der Waals surface area contributed by atoms with Crippen LogP contribution in [0, 0.1) is 0 Å². The fourth-order valence-corrected chi connectivity index (χ4v) is 11.5. The molecule has 1 aliphatic carbocycles. The van der Waals surface area contributed by atoms with Crippen molar-refractivity contribution >= 4 is 81.3 Å². The number of nitrogens with zero attached hydrogens (tertiary/aromatic N) is 1. The highest BCUT2D eigenvalue weighted by molar-refractivity contribution is 7.25. The Balaban J connectivity index is 1.14. The van der Waals surface area contributed by atoms with E-state index in [4.69, 9.17) is 4.42 Å². The maximum absolute atomic E-state index is 6.33. The summed E-state index contributed by atoms with van der Waals surface area (Å²) in [4.78, 5) is 2.55. The van der Waals surface area contributed by atoms with Gasteiger partial charge in [0.1, 0.15) is 11.2 Å². The number of thiophene rings is 1. The summed E-state index contributed by atoms with van der Waals surface area (Å²) in [7, 11) is 0. The maximum Gasteiger partial charge on any atom is 0.135 e. The highest BCUT2D eigenvalue weighted by atomic mass is 32.1. The van der Waals surface area contributed by atoms with Gasteiger partial charge in [0.15, 0.2) is 0 Å². The van der Waals surface area contributed by atoms with Crippen molar-refractivity contribution < 1.29 is 4.42 Å². The molecule has 2 nitrogen and oxygen atoms in total. The number of para-hydroxylation sites is 4. The molecule has 0 aliphatic heterocycles. The van der Waals surface area contributed by atoms with Crippen LogP contribution in [0.4, 0.5) is 17.1 Å². The standard InChI is InChI=1S/C58H43NOS/c1-2-17-38(18-3-1)42-26-14-19-39-20-15-27-46(57(39)42)43-22-5-10-30-51(43)59(50-29-9-4-21-41(50)40-35-36-54-49(37-40)45-24-7-12-32-53(45)60-54)52-31-11-6-23-44(52)47-28-16-34-56-58(47)48-25-8-13-33-55(48)61-56/h4-16,19-38H,1-3,17-18H2. The van der Waals surface area contributed by atoms with Crippen LogP contribution in [-0.2, 0) is 0 Å². The topological polar surface area (TPSA) is 16.4 Å². The fraction of sp³-hybridized carbons (Fsp3) is 0.103. The largest absolute Gasteiger partial charge is 0.456 e. The van der Waals surface area contributed by atoms with E-state index in [1.165, 1.54) is 90.9 Å². The van der Waals surface area contributed by atoms with Crippen LogP contribution in [0.3, 0.4) is 0 Å². The average Bonchev–Trinajstić information content (AvgIpc) is 3.90. The van der Waals surface area contributed by atoms with E-state index < -0.39 is 0 Å². The first-order valence-electron chi connectivity index (χ1n) is 21.7. The summed E-state index contributed by atoms with van der Waals surface area (Å²) in [5.41, 5.74) is 13.9. The van der Waals surface area contributed by atoms with Crippen molar-refractivity contribution in [3.05, 3.63) is 200 Å². The van der Waals surface area contributed by atoms with Gasteiger partial charge in [-0.3, -0.25) is 0 Å². The molecule has 1 saturated carbocycles. The molecule has 0 radical (unpaired) electrons. The predicted octanol–water partition coefficient (Wildman–Crippen LogP) is 17.6. The van der Waals surface area contributed by atoms with E-state index in [-0.39, 0.29) is 0 Å². The first-order valence-corrected chi connectivity index (χ1v) is 22.5. The van der Waals surface area contributed by atoms with Crippen molar-refractivity contribution in [3.8, 4) is 33.4 Å². The van der Waals surface area contributed by atoms with Gasteiger partial charge in [-0.1, -0.05) is 165 Å². The molecule has 12 rings (SSSR count). The molecule has 0 N–H and O–H groups in total. The highest BCUT2D eigenvalue weighted by Gasteiger charge is 2.26. The minimum Gasteiger partial charge on any atom is -0.456 e. The second kappa shape index (κ2) is 15.0. The van der Waals surface area contributed by atoms with Gasteiger partial charge in [-0.15, -0.1) is 11.3 Å². The summed E-state index contributed by atoms with van der Waals surface area (Å²) in [6.45, 7) is 0. The molecule has 292 valence electrons. The Morgan fingerprint density at radius 1 is 0.410 bits per heavy atom. The Bertz CT molecular complexity index is 3430. The van der Waals surface area contributed by atoms with Gasteiger partial charge in [-0.05, 0) is 100 Å². The number of anilines is 3. The number of hydrogen-bond donors (Lipinski definition) is 0. The summed E-state index contributed by atoms with van der Waals surface area (Å²) >= 11 is 1.87. The van der Waals surface area contributed by atoms with Gasteiger partial charge < -0.3 is 9.32 Å². The molecule has 1 aliphatic rings. The highest BCUT2D eigenvalue weighted by Crippen LogP contribution is 2.51. The summed E-state index contributed by atoms with van der Waals surface area (Å²) in [6, 6.07) is 71.7. The summed E-state index contributed by atoms with van der Waals surface area (Å²) in [5.74, 6) is 0.568. The van der Waals surface area contributed by atoms with Crippen molar-refractivity contribution in [1.29, 1.82) is 0 Å². The van der Waals surface area contributed by atoms with Crippen LogP contribution in [-0.4, -0.2) is 0 Å². The van der Waals surface area contributed by atoms with Crippen LogP contribution in [0.2, 0.25) is 0 Å². The van der Waals surface area contributed by atoms with Gasteiger partial charge in [-0.2, -0.15) is 0 Å². The molecule has 61 heavy (non-hydrogen) atoms. The van der Waals surface area contributed by atoms with E-state index in [2.05, 4.69) is 193 Å². The predicted molar refractivity (Wildman–Crippen MR) is 261 cm³/mol. The number of fused-ring (bicyclic) bond motifs is 7. The van der Waals surface area contributed by atoms with Crippen LogP contribution in [0.5, 0.6) is 0 Å². The molecule has 11 aromatic rings. The van der Waals surface area contributed by atoms with Crippen molar-refractivity contribution in [2.45, 2.75) is 38.0 Å². The van der Waals surface area contributed by atoms with Gasteiger partial charge >= 0.3 is 0 Å². The third kappa shape index (κ3) is 6.06. The smallest absolute Gasteiger partial charge is 0.135 e. The Hall–Kier alpha value is -6.94. The number of benzene rings is 9. The number of rotatable bonds is 7. The molecule has 2 heterocycles. The molecular formula is C58H43NOS. The third-order valence-corrected chi connectivity index (χ3v) is 14.2. The molecular weight excluding hydrogens is 759 g/mol. The van der Waals surface area contributed by atoms with Crippen LogP contribution in [0.15, 0.2) is 199 Å². The Morgan fingerprint density at radius 3 is 1.74 bits per heavy atom. The molecule has 0 bridgehead atoms. The van der Waals surface area contributed by atoms with Gasteiger partial charge in [0, 0.05) is 47.6 Å². The Morgan fingerprint density at radius 2 is 0.967 bits per heavy atom. The lowest BCUT2D eigenvalue weighted by Crippen LogP contribution is -2.14. The third-order valence-electron chi connectivity index (χ3n) is 13.1. The van der Waals surface area contributed by atoms with E-state index in [1.807, 2.05) is 17.4 Å². The Labute approximate surface area is 360 Å². The second-order valence-electron chi connectivity index (χ2n) is 16.6.